The summed E-state index contributed by atoms with van der Waals surface area (Å²) >= 11 is 0. The third kappa shape index (κ3) is 17.7. The number of aliphatic hydroxyl groups is 1. The van der Waals surface area contributed by atoms with Crippen LogP contribution in [0.3, 0.4) is 0 Å². The number of hydrogen-bond donors (Lipinski definition) is 10. The Morgan fingerprint density at radius 3 is 1.65 bits per heavy atom. The Morgan fingerprint density at radius 1 is 0.600 bits per heavy atom. The molecule has 0 aliphatic carbocycles. The lowest BCUT2D eigenvalue weighted by atomic mass is 10.0. The molecule has 1 aromatic carbocycles. The van der Waals surface area contributed by atoms with Crippen LogP contribution < -0.4 is 43.0 Å². The first kappa shape index (κ1) is 47.9. The van der Waals surface area contributed by atoms with Crippen LogP contribution in [0.1, 0.15) is 73.8 Å². The highest BCUT2D eigenvalue weighted by Crippen LogP contribution is 2.09. The molecule has 0 saturated heterocycles. The highest BCUT2D eigenvalue weighted by molar-refractivity contribution is 5.96. The highest BCUT2D eigenvalue weighted by atomic mass is 16.4. The zero-order chi connectivity index (χ0) is 42.0. The van der Waals surface area contributed by atoms with Gasteiger partial charge in [-0.2, -0.15) is 0 Å². The SMILES string of the molecule is CC(C)C[C@H](NC(=O)[C@H](C)NC(=O)[C@@H](NC(=O)[C@H](CC(C)C)NC(=O)CNC(=O)[C@H](Cc1ccccc1)NC(=O)[C@@H](NC(=O)CN)C(C)C)[C@@H](C)O)C(=O)O. The van der Waals surface area contributed by atoms with E-state index in [9.17, 15) is 48.6 Å². The van der Waals surface area contributed by atoms with Crippen LogP contribution in [0.15, 0.2) is 30.3 Å². The predicted molar refractivity (Wildman–Crippen MR) is 203 cm³/mol. The third-order valence-corrected chi connectivity index (χ3v) is 8.29. The molecule has 11 N–H and O–H groups in total. The minimum absolute atomic E-state index is 0.0398. The van der Waals surface area contributed by atoms with Crippen LogP contribution in [0.4, 0.5) is 0 Å². The van der Waals surface area contributed by atoms with Crippen molar-refractivity contribution in [2.75, 3.05) is 13.1 Å². The molecule has 0 unspecified atom stereocenters. The fourth-order valence-corrected chi connectivity index (χ4v) is 5.34. The highest BCUT2D eigenvalue weighted by Gasteiger charge is 2.33. The molecule has 1 rings (SSSR count). The molecule has 1 aromatic rings. The van der Waals surface area contributed by atoms with E-state index in [1.807, 2.05) is 0 Å². The van der Waals surface area contributed by atoms with Crippen molar-refractivity contribution in [2.24, 2.45) is 23.5 Å². The van der Waals surface area contributed by atoms with E-state index in [-0.39, 0.29) is 43.6 Å². The van der Waals surface area contributed by atoms with E-state index in [0.717, 1.165) is 0 Å². The largest absolute Gasteiger partial charge is 0.480 e. The van der Waals surface area contributed by atoms with Gasteiger partial charge in [0, 0.05) is 6.42 Å². The number of rotatable bonds is 23. The van der Waals surface area contributed by atoms with Crippen molar-refractivity contribution in [2.45, 2.75) is 117 Å². The molecule has 308 valence electrons. The van der Waals surface area contributed by atoms with Crippen LogP contribution in [0, 0.1) is 17.8 Å². The lowest BCUT2D eigenvalue weighted by molar-refractivity contribution is -0.142. The van der Waals surface area contributed by atoms with Gasteiger partial charge in [0.25, 0.3) is 0 Å². The number of nitrogens with one attached hydrogen (secondary N) is 7. The fraction of sp³-hybridized carbons (Fsp3) is 0.622. The van der Waals surface area contributed by atoms with E-state index in [1.165, 1.54) is 13.8 Å². The van der Waals surface area contributed by atoms with Crippen molar-refractivity contribution in [3.05, 3.63) is 35.9 Å². The molecule has 0 aliphatic rings. The molecular weight excluding hydrogens is 716 g/mol. The summed E-state index contributed by atoms with van der Waals surface area (Å²) in [6, 6.07) is 1.45. The average molecular weight is 777 g/mol. The Labute approximate surface area is 322 Å². The molecule has 7 amide bonds. The number of carboxylic acids is 1. The van der Waals surface area contributed by atoms with Crippen molar-refractivity contribution >= 4 is 47.3 Å². The molecule has 18 nitrogen and oxygen atoms in total. The number of nitrogens with two attached hydrogens (primary N) is 1. The maximum atomic E-state index is 13.4. The van der Waals surface area contributed by atoms with Gasteiger partial charge in [-0.05, 0) is 50.0 Å². The molecular formula is C37H60N8O10. The molecule has 0 radical (unpaired) electrons. The Kier molecular flexibility index (Phi) is 20.6. The standard InChI is InChI=1S/C37H60N8O10/c1-19(2)14-25(34(51)45-31(23(8)46)36(53)40-22(7)32(49)43-27(37(54)55)15-20(3)4)41-29(48)18-39-33(50)26(16-24-12-10-9-11-13-24)42-35(52)30(21(5)6)44-28(47)17-38/h9-13,19-23,25-27,30-31,46H,14-18,38H2,1-8H3,(H,39,50)(H,40,53)(H,41,48)(H,42,52)(H,43,49)(H,44,47)(H,45,51)(H,54,55)/t22-,23+,25-,26-,27-,30-,31-/m0/s1. The van der Waals surface area contributed by atoms with Gasteiger partial charge in [-0.25, -0.2) is 4.79 Å². The average Bonchev–Trinajstić information content (AvgIpc) is 3.10. The van der Waals surface area contributed by atoms with Gasteiger partial charge in [0.15, 0.2) is 0 Å². The maximum Gasteiger partial charge on any atom is 0.326 e. The third-order valence-electron chi connectivity index (χ3n) is 8.29. The monoisotopic (exact) mass is 776 g/mol. The Morgan fingerprint density at radius 2 is 1.15 bits per heavy atom. The number of aliphatic hydroxyl groups excluding tert-OH is 1. The Bertz CT molecular complexity index is 1470. The summed E-state index contributed by atoms with van der Waals surface area (Å²) in [5.41, 5.74) is 6.10. The molecule has 0 aliphatic heterocycles. The van der Waals surface area contributed by atoms with Gasteiger partial charge in [0.2, 0.25) is 41.4 Å². The lowest BCUT2D eigenvalue weighted by Gasteiger charge is -2.27. The quantitative estimate of drug-likeness (QED) is 0.0607. The molecule has 0 spiro atoms. The summed E-state index contributed by atoms with van der Waals surface area (Å²) in [7, 11) is 0. The predicted octanol–water partition coefficient (Wildman–Crippen LogP) is -1.55. The number of carbonyl (C=O) groups excluding carboxylic acids is 7. The topological polar surface area (TPSA) is 287 Å². The normalized spacial score (nSPS) is 15.0. The van der Waals surface area contributed by atoms with E-state index in [0.29, 0.717) is 5.56 Å². The van der Waals surface area contributed by atoms with E-state index in [2.05, 4.69) is 37.2 Å². The van der Waals surface area contributed by atoms with Gasteiger partial charge in [-0.1, -0.05) is 71.9 Å². The van der Waals surface area contributed by atoms with E-state index in [4.69, 9.17) is 5.73 Å². The van der Waals surface area contributed by atoms with Crippen molar-refractivity contribution in [3.8, 4) is 0 Å². The molecule has 0 heterocycles. The minimum Gasteiger partial charge on any atom is -0.480 e. The van der Waals surface area contributed by atoms with Crippen LogP contribution in [-0.2, 0) is 44.8 Å². The van der Waals surface area contributed by atoms with Crippen molar-refractivity contribution in [3.63, 3.8) is 0 Å². The zero-order valence-electron chi connectivity index (χ0n) is 32.9. The second kappa shape index (κ2) is 23.6. The van der Waals surface area contributed by atoms with Gasteiger partial charge in [0.05, 0.1) is 19.2 Å². The van der Waals surface area contributed by atoms with Crippen LogP contribution in [0.2, 0.25) is 0 Å². The van der Waals surface area contributed by atoms with E-state index < -0.39 is 96.2 Å². The summed E-state index contributed by atoms with van der Waals surface area (Å²) in [5.74, 6) is -6.99. The minimum atomic E-state index is -1.56. The summed E-state index contributed by atoms with van der Waals surface area (Å²) in [5, 5.41) is 37.2. The summed E-state index contributed by atoms with van der Waals surface area (Å²) in [6.45, 7) is 12.2. The van der Waals surface area contributed by atoms with Crippen LogP contribution in [0.5, 0.6) is 0 Å². The summed E-state index contributed by atoms with van der Waals surface area (Å²) in [4.78, 5) is 103. The fourth-order valence-electron chi connectivity index (χ4n) is 5.34. The van der Waals surface area contributed by atoms with Gasteiger partial charge in [-0.3, -0.25) is 33.6 Å². The van der Waals surface area contributed by atoms with E-state index in [1.54, 1.807) is 71.9 Å². The summed E-state index contributed by atoms with van der Waals surface area (Å²) < 4.78 is 0. The second-order valence-corrected chi connectivity index (χ2v) is 14.7. The van der Waals surface area contributed by atoms with Gasteiger partial charge < -0.3 is 53.2 Å². The van der Waals surface area contributed by atoms with Gasteiger partial charge >= 0.3 is 5.97 Å². The first-order valence-corrected chi connectivity index (χ1v) is 18.4. The lowest BCUT2D eigenvalue weighted by Crippen LogP contribution is -2.60. The molecule has 0 bridgehead atoms. The van der Waals surface area contributed by atoms with Crippen molar-refractivity contribution < 1.29 is 48.6 Å². The number of amides is 7. The number of carbonyl (C=O) groups is 8. The number of benzene rings is 1. The van der Waals surface area contributed by atoms with Crippen molar-refractivity contribution in [1.82, 2.24) is 37.2 Å². The zero-order valence-corrected chi connectivity index (χ0v) is 32.9. The second-order valence-electron chi connectivity index (χ2n) is 14.7. The van der Waals surface area contributed by atoms with Gasteiger partial charge in [-0.15, -0.1) is 0 Å². The first-order chi connectivity index (χ1) is 25.7. The van der Waals surface area contributed by atoms with E-state index >= 15 is 0 Å². The maximum absolute atomic E-state index is 13.4. The molecule has 7 atom stereocenters. The van der Waals surface area contributed by atoms with Crippen LogP contribution in [-0.4, -0.2) is 113 Å². The molecule has 0 saturated carbocycles. The first-order valence-electron chi connectivity index (χ1n) is 18.4. The molecule has 0 fully saturated rings. The number of hydrogen-bond acceptors (Lipinski definition) is 10. The Balaban J connectivity index is 3.05. The van der Waals surface area contributed by atoms with Crippen LogP contribution >= 0.6 is 0 Å². The number of carboxylic acid groups (broad SMARTS) is 1. The Hall–Kier alpha value is -5.10. The molecule has 18 heteroatoms. The number of aliphatic carboxylic acids is 1. The smallest absolute Gasteiger partial charge is 0.326 e. The van der Waals surface area contributed by atoms with Crippen LogP contribution in [0.25, 0.3) is 0 Å². The van der Waals surface area contributed by atoms with Crippen molar-refractivity contribution in [1.29, 1.82) is 0 Å². The molecule has 55 heavy (non-hydrogen) atoms. The van der Waals surface area contributed by atoms with Gasteiger partial charge in [0.1, 0.15) is 36.3 Å². The molecule has 0 aromatic heterocycles. The summed E-state index contributed by atoms with van der Waals surface area (Å²) in [6.07, 6.45) is -1.14.